The van der Waals surface area contributed by atoms with Crippen molar-refractivity contribution in [3.05, 3.63) is 78.6 Å². The average Bonchev–Trinajstić information content (AvgIpc) is 3.46. The maximum atomic E-state index is 6.09. The third-order valence-electron chi connectivity index (χ3n) is 4.60. The van der Waals surface area contributed by atoms with E-state index in [0.29, 0.717) is 46.0 Å². The molecule has 0 amide bonds. The summed E-state index contributed by atoms with van der Waals surface area (Å²) < 4.78 is 33.4. The molecule has 0 saturated carbocycles. The summed E-state index contributed by atoms with van der Waals surface area (Å²) >= 11 is 0. The first-order valence-corrected chi connectivity index (χ1v) is 9.69. The minimum Gasteiger partial charge on any atom is -0.464 e. The van der Waals surface area contributed by atoms with Crippen LogP contribution in [0.1, 0.15) is 6.92 Å². The molecule has 0 atom stereocenters. The largest absolute Gasteiger partial charge is 0.464 e. The van der Waals surface area contributed by atoms with Crippen LogP contribution in [-0.2, 0) is 0 Å². The first-order chi connectivity index (χ1) is 15.2. The van der Waals surface area contributed by atoms with Gasteiger partial charge in [0.15, 0.2) is 23.0 Å². The van der Waals surface area contributed by atoms with Crippen molar-refractivity contribution >= 4 is 11.6 Å². The average molecular weight is 417 g/mol. The number of hydrogen-bond acceptors (Lipinski definition) is 7. The first kappa shape index (κ1) is 18.9. The normalized spacial score (nSPS) is 14.5. The van der Waals surface area contributed by atoms with Gasteiger partial charge in [0.25, 0.3) is 0 Å². The zero-order valence-electron chi connectivity index (χ0n) is 16.7. The van der Waals surface area contributed by atoms with Crippen LogP contribution in [0.2, 0.25) is 0 Å². The standard InChI is InChI=1S/C24H19NO6/c1-16(13-26-18-7-9-20-22(11-18)29-14-27-20)24(25-17-5-3-2-4-6-17)31-19-8-10-21-23(12-19)30-15-28-21/h2-13H,14-15H2,1H3/b16-13+,25-24-. The van der Waals surface area contributed by atoms with Crippen LogP contribution >= 0.6 is 0 Å². The quantitative estimate of drug-likeness (QED) is 0.321. The third-order valence-corrected chi connectivity index (χ3v) is 4.60. The van der Waals surface area contributed by atoms with Crippen LogP contribution in [0, 0.1) is 0 Å². The fraction of sp³-hybridized carbons (Fsp3) is 0.125. The van der Waals surface area contributed by atoms with Gasteiger partial charge < -0.3 is 28.4 Å². The van der Waals surface area contributed by atoms with E-state index in [4.69, 9.17) is 28.4 Å². The fourth-order valence-electron chi connectivity index (χ4n) is 3.02. The molecule has 2 aliphatic rings. The second-order valence-corrected chi connectivity index (χ2v) is 6.80. The van der Waals surface area contributed by atoms with Gasteiger partial charge in [-0.25, -0.2) is 4.99 Å². The molecular formula is C24H19NO6. The smallest absolute Gasteiger partial charge is 0.231 e. The molecular weight excluding hydrogens is 398 g/mol. The molecule has 2 heterocycles. The molecule has 0 saturated heterocycles. The minimum absolute atomic E-state index is 0.200. The topological polar surface area (TPSA) is 67.7 Å². The lowest BCUT2D eigenvalue weighted by Crippen LogP contribution is -2.11. The highest BCUT2D eigenvalue weighted by atomic mass is 16.7. The molecule has 7 heteroatoms. The number of nitrogens with zero attached hydrogens (tertiary/aromatic N) is 1. The van der Waals surface area contributed by atoms with Gasteiger partial charge in [-0.3, -0.25) is 0 Å². The predicted octanol–water partition coefficient (Wildman–Crippen LogP) is 5.24. The van der Waals surface area contributed by atoms with Crippen LogP contribution in [0.4, 0.5) is 5.69 Å². The summed E-state index contributed by atoms with van der Waals surface area (Å²) in [5.74, 6) is 4.26. The molecule has 2 aliphatic heterocycles. The van der Waals surface area contributed by atoms with E-state index >= 15 is 0 Å². The van der Waals surface area contributed by atoms with Crippen LogP contribution in [0.3, 0.4) is 0 Å². The minimum atomic E-state index is 0.200. The Hall–Kier alpha value is -4.13. The van der Waals surface area contributed by atoms with E-state index in [9.17, 15) is 0 Å². The van der Waals surface area contributed by atoms with Crippen molar-refractivity contribution in [1.82, 2.24) is 0 Å². The molecule has 0 aliphatic carbocycles. The predicted molar refractivity (Wildman–Crippen MR) is 114 cm³/mol. The Balaban J connectivity index is 1.40. The molecule has 156 valence electrons. The van der Waals surface area contributed by atoms with Crippen molar-refractivity contribution in [2.75, 3.05) is 13.6 Å². The van der Waals surface area contributed by atoms with Gasteiger partial charge in [-0.15, -0.1) is 0 Å². The number of benzene rings is 3. The molecule has 3 aromatic carbocycles. The molecule has 31 heavy (non-hydrogen) atoms. The van der Waals surface area contributed by atoms with Gasteiger partial charge >= 0.3 is 0 Å². The van der Waals surface area contributed by atoms with Gasteiger partial charge in [0.1, 0.15) is 11.5 Å². The van der Waals surface area contributed by atoms with E-state index in [2.05, 4.69) is 4.99 Å². The van der Waals surface area contributed by atoms with Crippen molar-refractivity contribution in [3.8, 4) is 34.5 Å². The zero-order valence-corrected chi connectivity index (χ0v) is 16.7. The van der Waals surface area contributed by atoms with E-state index in [1.54, 1.807) is 30.5 Å². The molecule has 0 aromatic heterocycles. The number of hydrogen-bond donors (Lipinski definition) is 0. The summed E-state index contributed by atoms with van der Waals surface area (Å²) in [6, 6.07) is 20.3. The van der Waals surface area contributed by atoms with E-state index in [-0.39, 0.29) is 13.6 Å². The Morgan fingerprint density at radius 1 is 0.774 bits per heavy atom. The number of para-hydroxylation sites is 1. The van der Waals surface area contributed by atoms with Crippen molar-refractivity contribution < 1.29 is 28.4 Å². The molecule has 0 N–H and O–H groups in total. The second-order valence-electron chi connectivity index (χ2n) is 6.80. The van der Waals surface area contributed by atoms with Crippen molar-refractivity contribution in [1.29, 1.82) is 0 Å². The number of aliphatic imine (C=N–C) groups is 1. The Labute approximate surface area is 179 Å². The molecule has 0 radical (unpaired) electrons. The summed E-state index contributed by atoms with van der Waals surface area (Å²) in [5.41, 5.74) is 1.45. The molecule has 0 spiro atoms. The van der Waals surface area contributed by atoms with Crippen molar-refractivity contribution in [2.45, 2.75) is 6.92 Å². The van der Waals surface area contributed by atoms with Gasteiger partial charge in [0, 0.05) is 17.7 Å². The Morgan fingerprint density at radius 2 is 1.39 bits per heavy atom. The molecule has 0 fully saturated rings. The van der Waals surface area contributed by atoms with Gasteiger partial charge in [-0.05, 0) is 43.3 Å². The van der Waals surface area contributed by atoms with E-state index in [1.807, 2.05) is 49.4 Å². The van der Waals surface area contributed by atoms with Crippen LogP contribution in [0.25, 0.3) is 0 Å². The second kappa shape index (κ2) is 8.31. The van der Waals surface area contributed by atoms with Crippen LogP contribution in [-0.4, -0.2) is 19.5 Å². The zero-order chi connectivity index (χ0) is 21.0. The van der Waals surface area contributed by atoms with Crippen LogP contribution in [0.15, 0.2) is 83.6 Å². The summed E-state index contributed by atoms with van der Waals surface area (Å²) in [6.07, 6.45) is 1.59. The van der Waals surface area contributed by atoms with Gasteiger partial charge in [-0.2, -0.15) is 0 Å². The number of rotatable bonds is 5. The number of fused-ring (bicyclic) bond motifs is 2. The monoisotopic (exact) mass is 417 g/mol. The molecule has 0 unspecified atom stereocenters. The fourth-order valence-corrected chi connectivity index (χ4v) is 3.02. The molecule has 3 aromatic rings. The highest BCUT2D eigenvalue weighted by Crippen LogP contribution is 2.36. The van der Waals surface area contributed by atoms with E-state index < -0.39 is 0 Å². The highest BCUT2D eigenvalue weighted by molar-refractivity contribution is 5.96. The van der Waals surface area contributed by atoms with Crippen LogP contribution in [0.5, 0.6) is 34.5 Å². The Kier molecular flexibility index (Phi) is 5.06. The van der Waals surface area contributed by atoms with Crippen molar-refractivity contribution in [2.24, 2.45) is 4.99 Å². The summed E-state index contributed by atoms with van der Waals surface area (Å²) in [6.45, 7) is 2.28. The molecule has 0 bridgehead atoms. The lowest BCUT2D eigenvalue weighted by molar-refractivity contribution is 0.173. The van der Waals surface area contributed by atoms with Crippen LogP contribution < -0.4 is 28.4 Å². The van der Waals surface area contributed by atoms with E-state index in [0.717, 1.165) is 5.69 Å². The summed E-state index contributed by atoms with van der Waals surface area (Å²) in [7, 11) is 0. The summed E-state index contributed by atoms with van der Waals surface area (Å²) in [4.78, 5) is 4.65. The highest BCUT2D eigenvalue weighted by Gasteiger charge is 2.16. The van der Waals surface area contributed by atoms with Gasteiger partial charge in [0.05, 0.1) is 11.9 Å². The molecule has 7 nitrogen and oxygen atoms in total. The van der Waals surface area contributed by atoms with E-state index in [1.165, 1.54) is 0 Å². The Morgan fingerprint density at radius 3 is 2.10 bits per heavy atom. The van der Waals surface area contributed by atoms with Crippen molar-refractivity contribution in [3.63, 3.8) is 0 Å². The number of ether oxygens (including phenoxy) is 6. The first-order valence-electron chi connectivity index (χ1n) is 9.69. The molecule has 5 rings (SSSR count). The lowest BCUT2D eigenvalue weighted by atomic mass is 10.2. The third kappa shape index (κ3) is 4.25. The van der Waals surface area contributed by atoms with Gasteiger partial charge in [0.2, 0.25) is 19.5 Å². The SMILES string of the molecule is CC(=C\Oc1ccc2c(c1)OCO2)/C(=N/c1ccccc1)Oc1ccc2c(c1)OCO2. The lowest BCUT2D eigenvalue weighted by Gasteiger charge is -2.11. The Bertz CT molecular complexity index is 1160. The maximum Gasteiger partial charge on any atom is 0.231 e. The van der Waals surface area contributed by atoms with Gasteiger partial charge in [-0.1, -0.05) is 18.2 Å². The maximum absolute atomic E-state index is 6.09. The summed E-state index contributed by atoms with van der Waals surface area (Å²) in [5, 5.41) is 0.